The topological polar surface area (TPSA) is 128 Å². The van der Waals surface area contributed by atoms with E-state index in [2.05, 4.69) is 10.6 Å². The number of amides is 3. The number of benzene rings is 1. The molecule has 0 bridgehead atoms. The van der Waals surface area contributed by atoms with E-state index in [-0.39, 0.29) is 6.61 Å². The lowest BCUT2D eigenvalue weighted by Gasteiger charge is -2.27. The second-order valence-corrected chi connectivity index (χ2v) is 6.21. The van der Waals surface area contributed by atoms with Gasteiger partial charge in [0.1, 0.15) is 18.7 Å². The highest BCUT2D eigenvalue weighted by Gasteiger charge is 2.36. The second kappa shape index (κ2) is 9.56. The molecule has 3 amide bonds. The summed E-state index contributed by atoms with van der Waals surface area (Å²) in [5.74, 6) is -2.39. The minimum absolute atomic E-state index is 0.0750. The third-order valence-corrected chi connectivity index (χ3v) is 4.16. The van der Waals surface area contributed by atoms with E-state index in [4.69, 9.17) is 4.74 Å². The molecule has 2 N–H and O–H groups in total. The van der Waals surface area contributed by atoms with Crippen LogP contribution in [0.4, 0.5) is 4.79 Å². The van der Waals surface area contributed by atoms with Gasteiger partial charge in [-0.15, -0.1) is 0 Å². The average molecular weight is 376 g/mol. The number of alkyl carbamates (subject to hydrolysis) is 1. The lowest BCUT2D eigenvalue weighted by Crippen LogP contribution is -2.53. The molecular formula is C18H22N3O6-. The number of nitrogens with zero attached hydrogens (tertiary/aromatic N) is 1. The highest BCUT2D eigenvalue weighted by molar-refractivity contribution is 5.92. The van der Waals surface area contributed by atoms with Crippen molar-refractivity contribution in [2.75, 3.05) is 13.1 Å². The van der Waals surface area contributed by atoms with Crippen LogP contribution in [0, 0.1) is 0 Å². The van der Waals surface area contributed by atoms with E-state index in [1.54, 1.807) is 0 Å². The molecular weight excluding hydrogens is 354 g/mol. The second-order valence-electron chi connectivity index (χ2n) is 6.21. The quantitative estimate of drug-likeness (QED) is 0.639. The minimum atomic E-state index is -1.41. The van der Waals surface area contributed by atoms with Crippen LogP contribution in [0.5, 0.6) is 0 Å². The van der Waals surface area contributed by atoms with Gasteiger partial charge in [-0.3, -0.25) is 9.59 Å². The molecule has 0 aliphatic carbocycles. The Kier molecular flexibility index (Phi) is 7.16. The average Bonchev–Trinajstić information content (AvgIpc) is 3.14. The predicted molar refractivity (Wildman–Crippen MR) is 92.0 cm³/mol. The van der Waals surface area contributed by atoms with Gasteiger partial charge in [-0.05, 0) is 25.3 Å². The van der Waals surface area contributed by atoms with Crippen LogP contribution >= 0.6 is 0 Å². The van der Waals surface area contributed by atoms with E-state index in [1.807, 2.05) is 30.3 Å². The van der Waals surface area contributed by atoms with Crippen molar-refractivity contribution in [3.63, 3.8) is 0 Å². The van der Waals surface area contributed by atoms with Gasteiger partial charge in [0.15, 0.2) is 0 Å². The molecule has 1 fully saturated rings. The Labute approximate surface area is 156 Å². The van der Waals surface area contributed by atoms with Crippen molar-refractivity contribution in [2.45, 2.75) is 38.5 Å². The summed E-state index contributed by atoms with van der Waals surface area (Å²) in [6.07, 6.45) is 0.299. The third kappa shape index (κ3) is 5.98. The van der Waals surface area contributed by atoms with Gasteiger partial charge in [0.2, 0.25) is 11.8 Å². The van der Waals surface area contributed by atoms with Gasteiger partial charge in [-0.2, -0.15) is 0 Å². The zero-order valence-electron chi connectivity index (χ0n) is 15.0. The normalized spacial score (nSPS) is 17.1. The molecule has 1 aromatic rings. The Bertz CT molecular complexity index is 694. The fraction of sp³-hybridized carbons (Fsp3) is 0.444. The Morgan fingerprint density at radius 1 is 1.26 bits per heavy atom. The van der Waals surface area contributed by atoms with Crippen molar-refractivity contribution >= 4 is 23.9 Å². The maximum absolute atomic E-state index is 12.6. The zero-order valence-corrected chi connectivity index (χ0v) is 15.0. The van der Waals surface area contributed by atoms with Crippen molar-refractivity contribution in [1.29, 1.82) is 0 Å². The molecule has 0 saturated carbocycles. The first-order valence-corrected chi connectivity index (χ1v) is 8.63. The number of aliphatic carboxylic acids is 1. The Balaban J connectivity index is 1.84. The van der Waals surface area contributed by atoms with E-state index >= 15 is 0 Å². The fourth-order valence-electron chi connectivity index (χ4n) is 2.83. The molecule has 9 heteroatoms. The molecule has 1 aliphatic heterocycles. The summed E-state index contributed by atoms with van der Waals surface area (Å²) in [5, 5.41) is 15.1. The van der Waals surface area contributed by atoms with Crippen molar-refractivity contribution < 1.29 is 29.0 Å². The smallest absolute Gasteiger partial charge is 0.408 e. The number of nitrogens with one attached hydrogen (secondary N) is 2. The zero-order chi connectivity index (χ0) is 19.8. The van der Waals surface area contributed by atoms with Gasteiger partial charge in [-0.1, -0.05) is 30.3 Å². The SMILES string of the molecule is C[C@H](NC(=O)OCc1ccccc1)C(=O)N1CCC[C@H]1C(=O)NCC(=O)[O-]. The van der Waals surface area contributed by atoms with Gasteiger partial charge >= 0.3 is 6.09 Å². The lowest BCUT2D eigenvalue weighted by molar-refractivity contribution is -0.304. The maximum atomic E-state index is 12.6. The molecule has 9 nitrogen and oxygen atoms in total. The maximum Gasteiger partial charge on any atom is 0.408 e. The van der Waals surface area contributed by atoms with E-state index in [0.29, 0.717) is 19.4 Å². The van der Waals surface area contributed by atoms with Gasteiger partial charge < -0.3 is 30.2 Å². The fourth-order valence-corrected chi connectivity index (χ4v) is 2.83. The summed E-state index contributed by atoms with van der Waals surface area (Å²) < 4.78 is 5.08. The van der Waals surface area contributed by atoms with Gasteiger partial charge in [0, 0.05) is 6.54 Å². The highest BCUT2D eigenvalue weighted by Crippen LogP contribution is 2.18. The van der Waals surface area contributed by atoms with E-state index < -0.39 is 42.5 Å². The molecule has 1 aliphatic rings. The highest BCUT2D eigenvalue weighted by atomic mass is 16.5. The van der Waals surface area contributed by atoms with Gasteiger partial charge in [-0.25, -0.2) is 4.79 Å². The lowest BCUT2D eigenvalue weighted by atomic mass is 10.2. The molecule has 0 unspecified atom stereocenters. The van der Waals surface area contributed by atoms with Crippen LogP contribution < -0.4 is 15.7 Å². The Hall–Kier alpha value is -3.10. The number of likely N-dealkylation sites (tertiary alicyclic amines) is 1. The van der Waals surface area contributed by atoms with Crippen LogP contribution in [0.1, 0.15) is 25.3 Å². The van der Waals surface area contributed by atoms with Crippen LogP contribution in [0.2, 0.25) is 0 Å². The standard InChI is InChI=1S/C18H23N3O6/c1-12(20-18(26)27-11-13-6-3-2-4-7-13)17(25)21-9-5-8-14(21)16(24)19-10-15(22)23/h2-4,6-7,12,14H,5,8-11H2,1H3,(H,19,24)(H,20,26)(H,22,23)/p-1/t12-,14-/m0/s1. The van der Waals surface area contributed by atoms with Crippen molar-refractivity contribution in [2.24, 2.45) is 0 Å². The molecule has 0 spiro atoms. The number of carbonyl (C=O) groups excluding carboxylic acids is 4. The molecule has 27 heavy (non-hydrogen) atoms. The summed E-state index contributed by atoms with van der Waals surface area (Å²) in [7, 11) is 0. The van der Waals surface area contributed by atoms with Crippen LogP contribution in [-0.4, -0.2) is 54.0 Å². The van der Waals surface area contributed by atoms with Crippen LogP contribution in [0.25, 0.3) is 0 Å². The molecule has 146 valence electrons. The molecule has 2 rings (SSSR count). The Morgan fingerprint density at radius 2 is 1.96 bits per heavy atom. The number of carboxylic acid groups (broad SMARTS) is 1. The molecule has 0 radical (unpaired) electrons. The van der Waals surface area contributed by atoms with Crippen LogP contribution in [-0.2, 0) is 25.7 Å². The van der Waals surface area contributed by atoms with Crippen molar-refractivity contribution in [3.05, 3.63) is 35.9 Å². The predicted octanol–water partition coefficient (Wildman–Crippen LogP) is -0.842. The van der Waals surface area contributed by atoms with Gasteiger partial charge in [0.05, 0.1) is 12.5 Å². The summed E-state index contributed by atoms with van der Waals surface area (Å²) >= 11 is 0. The van der Waals surface area contributed by atoms with Crippen LogP contribution in [0.3, 0.4) is 0 Å². The third-order valence-electron chi connectivity index (χ3n) is 4.16. The van der Waals surface area contributed by atoms with Crippen LogP contribution in [0.15, 0.2) is 30.3 Å². The molecule has 0 aromatic heterocycles. The van der Waals surface area contributed by atoms with E-state index in [9.17, 15) is 24.3 Å². The van der Waals surface area contributed by atoms with Crippen molar-refractivity contribution in [3.8, 4) is 0 Å². The summed E-state index contributed by atoms with van der Waals surface area (Å²) in [6, 6.07) is 7.46. The summed E-state index contributed by atoms with van der Waals surface area (Å²) in [4.78, 5) is 48.3. The number of carbonyl (C=O) groups is 4. The largest absolute Gasteiger partial charge is 0.548 e. The monoisotopic (exact) mass is 376 g/mol. The number of hydrogen-bond acceptors (Lipinski definition) is 6. The van der Waals surface area contributed by atoms with E-state index in [1.165, 1.54) is 11.8 Å². The number of hydrogen-bond donors (Lipinski definition) is 2. The molecule has 1 aromatic carbocycles. The van der Waals surface area contributed by atoms with Crippen molar-refractivity contribution in [1.82, 2.24) is 15.5 Å². The first-order valence-electron chi connectivity index (χ1n) is 8.63. The molecule has 2 atom stereocenters. The first-order chi connectivity index (χ1) is 12.9. The van der Waals surface area contributed by atoms with E-state index in [0.717, 1.165) is 5.56 Å². The number of carboxylic acids is 1. The first kappa shape index (κ1) is 20.2. The summed E-state index contributed by atoms with van der Waals surface area (Å²) in [5.41, 5.74) is 0.816. The number of ether oxygens (including phenoxy) is 1. The molecule has 1 heterocycles. The minimum Gasteiger partial charge on any atom is -0.548 e. The summed E-state index contributed by atoms with van der Waals surface area (Å²) in [6.45, 7) is 1.32. The Morgan fingerprint density at radius 3 is 2.63 bits per heavy atom. The molecule has 1 saturated heterocycles. The van der Waals surface area contributed by atoms with Gasteiger partial charge in [0.25, 0.3) is 0 Å². The number of rotatable bonds is 7.